The lowest BCUT2D eigenvalue weighted by molar-refractivity contribution is -0.137. The molecule has 1 unspecified atom stereocenters. The van der Waals surface area contributed by atoms with Crippen molar-refractivity contribution in [2.24, 2.45) is 5.73 Å². The number of halogens is 3. The van der Waals surface area contributed by atoms with Crippen molar-refractivity contribution in [1.82, 2.24) is 4.90 Å². The molecule has 0 spiro atoms. The third kappa shape index (κ3) is 4.51. The Kier molecular flexibility index (Phi) is 5.38. The lowest BCUT2D eigenvalue weighted by atomic mass is 10.0. The zero-order chi connectivity index (χ0) is 14.6. The third-order valence-electron chi connectivity index (χ3n) is 3.21. The first-order valence-electron chi connectivity index (χ1n) is 6.42. The van der Waals surface area contributed by atoms with Crippen molar-refractivity contribution in [1.29, 1.82) is 0 Å². The molecule has 2 nitrogen and oxygen atoms in total. The molecule has 0 saturated heterocycles. The average molecular weight is 274 g/mol. The molecule has 0 aliphatic heterocycles. The van der Waals surface area contributed by atoms with E-state index in [2.05, 4.69) is 4.90 Å². The van der Waals surface area contributed by atoms with Gasteiger partial charge in [-0.15, -0.1) is 0 Å². The molecule has 0 heterocycles. The Bertz CT molecular complexity index is 402. The fourth-order valence-corrected chi connectivity index (χ4v) is 2.01. The van der Waals surface area contributed by atoms with E-state index in [1.807, 2.05) is 20.8 Å². The third-order valence-corrected chi connectivity index (χ3v) is 3.21. The number of hydrogen-bond acceptors (Lipinski definition) is 2. The largest absolute Gasteiger partial charge is 0.416 e. The van der Waals surface area contributed by atoms with Gasteiger partial charge in [0.1, 0.15) is 0 Å². The highest BCUT2D eigenvalue weighted by Crippen LogP contribution is 2.30. The number of nitrogens with zero attached hydrogens (tertiary/aromatic N) is 1. The van der Waals surface area contributed by atoms with E-state index in [1.54, 1.807) is 6.07 Å². The van der Waals surface area contributed by atoms with Gasteiger partial charge in [-0.2, -0.15) is 13.2 Å². The van der Waals surface area contributed by atoms with Gasteiger partial charge in [-0.1, -0.05) is 19.1 Å². The second-order valence-corrected chi connectivity index (χ2v) is 4.91. The highest BCUT2D eigenvalue weighted by atomic mass is 19.4. The predicted molar refractivity (Wildman–Crippen MR) is 70.8 cm³/mol. The maximum Gasteiger partial charge on any atom is 0.416 e. The minimum absolute atomic E-state index is 0.321. The van der Waals surface area contributed by atoms with Gasteiger partial charge in [-0.3, -0.25) is 4.90 Å². The smallest absolute Gasteiger partial charge is 0.323 e. The van der Waals surface area contributed by atoms with E-state index in [1.165, 1.54) is 6.07 Å². The van der Waals surface area contributed by atoms with Crippen LogP contribution in [0.2, 0.25) is 0 Å². The monoisotopic (exact) mass is 274 g/mol. The Morgan fingerprint density at radius 3 is 2.37 bits per heavy atom. The van der Waals surface area contributed by atoms with Crippen LogP contribution in [0.4, 0.5) is 13.2 Å². The summed E-state index contributed by atoms with van der Waals surface area (Å²) in [6.07, 6.45) is -4.32. The number of hydrogen-bond donors (Lipinski definition) is 1. The van der Waals surface area contributed by atoms with Crippen molar-refractivity contribution in [3.8, 4) is 0 Å². The predicted octanol–water partition coefficient (Wildman–Crippen LogP) is 3.44. The van der Waals surface area contributed by atoms with E-state index >= 15 is 0 Å². The van der Waals surface area contributed by atoms with E-state index < -0.39 is 17.8 Å². The molecule has 0 amide bonds. The zero-order valence-corrected chi connectivity index (χ0v) is 11.5. The number of alkyl halides is 3. The molecule has 1 atom stereocenters. The van der Waals surface area contributed by atoms with Crippen LogP contribution in [-0.2, 0) is 6.18 Å². The van der Waals surface area contributed by atoms with Crippen LogP contribution in [0.3, 0.4) is 0 Å². The van der Waals surface area contributed by atoms with Crippen LogP contribution < -0.4 is 5.73 Å². The molecule has 19 heavy (non-hydrogen) atoms. The quantitative estimate of drug-likeness (QED) is 0.891. The summed E-state index contributed by atoms with van der Waals surface area (Å²) in [5.41, 5.74) is 5.89. The summed E-state index contributed by atoms with van der Waals surface area (Å²) in [6, 6.07) is 5.17. The van der Waals surface area contributed by atoms with E-state index in [0.717, 1.165) is 18.7 Å². The van der Waals surface area contributed by atoms with E-state index in [4.69, 9.17) is 5.73 Å². The van der Waals surface area contributed by atoms with Crippen molar-refractivity contribution in [2.75, 3.05) is 13.1 Å². The van der Waals surface area contributed by atoms with Crippen molar-refractivity contribution in [3.05, 3.63) is 35.4 Å². The summed E-state index contributed by atoms with van der Waals surface area (Å²) in [7, 11) is 0. The van der Waals surface area contributed by atoms with Crippen LogP contribution in [0, 0.1) is 0 Å². The SMILES string of the molecule is CCN(CC(N)c1cccc(C(F)(F)F)c1)C(C)C. The van der Waals surface area contributed by atoms with Crippen LogP contribution in [0.1, 0.15) is 37.9 Å². The fourth-order valence-electron chi connectivity index (χ4n) is 2.01. The lowest BCUT2D eigenvalue weighted by Crippen LogP contribution is -2.37. The Hall–Kier alpha value is -1.07. The maximum atomic E-state index is 12.6. The standard InChI is InChI=1S/C14H21F3N2/c1-4-19(10(2)3)9-13(18)11-6-5-7-12(8-11)14(15,16)17/h5-8,10,13H,4,9,18H2,1-3H3. The first-order chi connectivity index (χ1) is 8.75. The van der Waals surface area contributed by atoms with Gasteiger partial charge >= 0.3 is 6.18 Å². The molecular weight excluding hydrogens is 253 g/mol. The molecule has 0 aliphatic rings. The zero-order valence-electron chi connectivity index (χ0n) is 11.5. The van der Waals surface area contributed by atoms with Crippen LogP contribution >= 0.6 is 0 Å². The molecular formula is C14H21F3N2. The molecule has 0 bridgehead atoms. The average Bonchev–Trinajstić information content (AvgIpc) is 2.34. The lowest BCUT2D eigenvalue weighted by Gasteiger charge is -2.28. The Balaban J connectivity index is 2.85. The Morgan fingerprint density at radius 2 is 1.89 bits per heavy atom. The summed E-state index contributed by atoms with van der Waals surface area (Å²) >= 11 is 0. The van der Waals surface area contributed by atoms with Crippen molar-refractivity contribution in [2.45, 2.75) is 39.0 Å². The van der Waals surface area contributed by atoms with E-state index in [9.17, 15) is 13.2 Å². The summed E-state index contributed by atoms with van der Waals surface area (Å²) in [5.74, 6) is 0. The second-order valence-electron chi connectivity index (χ2n) is 4.91. The minimum atomic E-state index is -4.32. The summed E-state index contributed by atoms with van der Waals surface area (Å²) in [4.78, 5) is 2.13. The molecule has 1 rings (SSSR count). The van der Waals surface area contributed by atoms with Gasteiger partial charge < -0.3 is 5.73 Å². The molecule has 0 aromatic heterocycles. The number of benzene rings is 1. The normalized spacial score (nSPS) is 14.2. The molecule has 0 fully saturated rings. The van der Waals surface area contributed by atoms with Crippen molar-refractivity contribution < 1.29 is 13.2 Å². The number of likely N-dealkylation sites (N-methyl/N-ethyl adjacent to an activating group) is 1. The highest BCUT2D eigenvalue weighted by Gasteiger charge is 2.30. The highest BCUT2D eigenvalue weighted by molar-refractivity contribution is 5.28. The molecule has 0 saturated carbocycles. The second kappa shape index (κ2) is 6.39. The van der Waals surface area contributed by atoms with Crippen LogP contribution in [0.15, 0.2) is 24.3 Å². The van der Waals surface area contributed by atoms with Gasteiger partial charge in [0.15, 0.2) is 0 Å². The van der Waals surface area contributed by atoms with Crippen molar-refractivity contribution >= 4 is 0 Å². The molecule has 0 radical (unpaired) electrons. The van der Waals surface area contributed by atoms with Crippen LogP contribution in [0.5, 0.6) is 0 Å². The van der Waals surface area contributed by atoms with E-state index in [0.29, 0.717) is 18.2 Å². The first kappa shape index (κ1) is 16.0. The topological polar surface area (TPSA) is 29.3 Å². The van der Waals surface area contributed by atoms with Gasteiger partial charge in [0, 0.05) is 18.6 Å². The molecule has 108 valence electrons. The van der Waals surface area contributed by atoms with Crippen LogP contribution in [0.25, 0.3) is 0 Å². The van der Waals surface area contributed by atoms with Gasteiger partial charge in [0.25, 0.3) is 0 Å². The van der Waals surface area contributed by atoms with Crippen molar-refractivity contribution in [3.63, 3.8) is 0 Å². The maximum absolute atomic E-state index is 12.6. The molecule has 1 aromatic carbocycles. The number of nitrogens with two attached hydrogens (primary N) is 1. The number of rotatable bonds is 5. The fraction of sp³-hybridized carbons (Fsp3) is 0.571. The Morgan fingerprint density at radius 1 is 1.26 bits per heavy atom. The first-order valence-corrected chi connectivity index (χ1v) is 6.42. The molecule has 0 aliphatic carbocycles. The van der Waals surface area contributed by atoms with Crippen LogP contribution in [-0.4, -0.2) is 24.0 Å². The summed E-state index contributed by atoms with van der Waals surface area (Å²) in [6.45, 7) is 7.48. The Labute approximate surface area is 112 Å². The minimum Gasteiger partial charge on any atom is -0.323 e. The van der Waals surface area contributed by atoms with Gasteiger partial charge in [-0.25, -0.2) is 0 Å². The van der Waals surface area contributed by atoms with E-state index in [-0.39, 0.29) is 0 Å². The van der Waals surface area contributed by atoms with Gasteiger partial charge in [0.05, 0.1) is 5.56 Å². The molecule has 1 aromatic rings. The van der Waals surface area contributed by atoms with Gasteiger partial charge in [0.2, 0.25) is 0 Å². The van der Waals surface area contributed by atoms with Gasteiger partial charge in [-0.05, 0) is 38.1 Å². The molecule has 5 heteroatoms. The summed E-state index contributed by atoms with van der Waals surface area (Å²) in [5, 5.41) is 0. The summed E-state index contributed by atoms with van der Waals surface area (Å²) < 4.78 is 37.9. The molecule has 2 N–H and O–H groups in total.